The minimum absolute atomic E-state index is 0.249. The van der Waals surface area contributed by atoms with Gasteiger partial charge in [0.2, 0.25) is 0 Å². The zero-order valence-electron chi connectivity index (χ0n) is 14.8. The maximum absolute atomic E-state index is 12.9. The highest BCUT2D eigenvalue weighted by Gasteiger charge is 2.17. The summed E-state index contributed by atoms with van der Waals surface area (Å²) in [5.74, 6) is 0.334. The van der Waals surface area contributed by atoms with Crippen LogP contribution in [0, 0.1) is 0 Å². The Kier molecular flexibility index (Phi) is 5.26. The second kappa shape index (κ2) is 8.15. The second-order valence-electron chi connectivity index (χ2n) is 6.15. The molecule has 0 atom stereocenters. The first kappa shape index (κ1) is 18.1. The highest BCUT2D eigenvalue weighted by Crippen LogP contribution is 2.25. The summed E-state index contributed by atoms with van der Waals surface area (Å²) in [7, 11) is 0. The molecule has 0 aliphatic rings. The molecule has 3 aromatic carbocycles. The van der Waals surface area contributed by atoms with E-state index >= 15 is 0 Å². The number of aromatic nitrogens is 2. The van der Waals surface area contributed by atoms with E-state index < -0.39 is 0 Å². The molecule has 0 unspecified atom stereocenters. The summed E-state index contributed by atoms with van der Waals surface area (Å²) in [4.78, 5) is 22.1. The molecule has 0 saturated carbocycles. The largest absolute Gasteiger partial charge is 0.322 e. The van der Waals surface area contributed by atoms with Crippen LogP contribution in [0.5, 0.6) is 0 Å². The molecule has 28 heavy (non-hydrogen) atoms. The van der Waals surface area contributed by atoms with Crippen molar-refractivity contribution >= 4 is 27.5 Å². The van der Waals surface area contributed by atoms with E-state index in [9.17, 15) is 4.79 Å². The van der Waals surface area contributed by atoms with Crippen LogP contribution in [-0.4, -0.2) is 15.9 Å². The zero-order chi connectivity index (χ0) is 19.3. The summed E-state index contributed by atoms with van der Waals surface area (Å²) >= 11 is 3.40. The SMILES string of the molecule is O=C(Nc1ccc(Br)cc1)c1cnc(-c2ccccc2)nc1-c1ccccc1. The molecular formula is C23H16BrN3O. The number of amides is 1. The summed E-state index contributed by atoms with van der Waals surface area (Å²) in [6.45, 7) is 0. The third-order valence-corrected chi connectivity index (χ3v) is 4.74. The summed E-state index contributed by atoms with van der Waals surface area (Å²) in [5, 5.41) is 2.92. The van der Waals surface area contributed by atoms with Gasteiger partial charge >= 0.3 is 0 Å². The Morgan fingerprint density at radius 2 is 1.39 bits per heavy atom. The summed E-state index contributed by atoms with van der Waals surface area (Å²) in [5.41, 5.74) is 3.50. The standard InChI is InChI=1S/C23H16BrN3O/c24-18-11-13-19(14-12-18)26-23(28)20-15-25-22(17-9-5-2-6-10-17)27-21(20)16-7-3-1-4-8-16/h1-15H,(H,26,28). The molecule has 1 aromatic heterocycles. The molecule has 1 heterocycles. The number of carbonyl (C=O) groups is 1. The molecular weight excluding hydrogens is 414 g/mol. The molecule has 0 radical (unpaired) electrons. The van der Waals surface area contributed by atoms with Crippen molar-refractivity contribution in [2.24, 2.45) is 0 Å². The number of rotatable bonds is 4. The quantitative estimate of drug-likeness (QED) is 0.444. The van der Waals surface area contributed by atoms with Crippen LogP contribution >= 0.6 is 15.9 Å². The fourth-order valence-electron chi connectivity index (χ4n) is 2.82. The number of nitrogens with zero attached hydrogens (tertiary/aromatic N) is 2. The van der Waals surface area contributed by atoms with Gasteiger partial charge in [-0.25, -0.2) is 9.97 Å². The highest BCUT2D eigenvalue weighted by molar-refractivity contribution is 9.10. The van der Waals surface area contributed by atoms with Crippen LogP contribution in [0.25, 0.3) is 22.6 Å². The van der Waals surface area contributed by atoms with Gasteiger partial charge in [0, 0.05) is 27.5 Å². The van der Waals surface area contributed by atoms with E-state index in [2.05, 4.69) is 26.2 Å². The molecule has 0 aliphatic heterocycles. The van der Waals surface area contributed by atoms with Crippen LogP contribution in [0.4, 0.5) is 5.69 Å². The van der Waals surface area contributed by atoms with Crippen molar-refractivity contribution in [2.45, 2.75) is 0 Å². The molecule has 4 nitrogen and oxygen atoms in total. The first-order valence-corrected chi connectivity index (χ1v) is 9.55. The number of carbonyl (C=O) groups excluding carboxylic acids is 1. The van der Waals surface area contributed by atoms with Gasteiger partial charge in [0.05, 0.1) is 11.3 Å². The maximum Gasteiger partial charge on any atom is 0.259 e. The Morgan fingerprint density at radius 1 is 0.786 bits per heavy atom. The Bertz CT molecular complexity index is 1100. The molecule has 136 valence electrons. The van der Waals surface area contributed by atoms with E-state index in [1.807, 2.05) is 84.9 Å². The average molecular weight is 430 g/mol. The molecule has 0 spiro atoms. The van der Waals surface area contributed by atoms with Gasteiger partial charge in [-0.2, -0.15) is 0 Å². The van der Waals surface area contributed by atoms with E-state index in [0.29, 0.717) is 22.8 Å². The summed E-state index contributed by atoms with van der Waals surface area (Å²) in [6.07, 6.45) is 1.59. The number of nitrogens with one attached hydrogen (secondary N) is 1. The Morgan fingerprint density at radius 3 is 2.04 bits per heavy atom. The van der Waals surface area contributed by atoms with Crippen molar-refractivity contribution in [3.63, 3.8) is 0 Å². The fraction of sp³-hybridized carbons (Fsp3) is 0. The van der Waals surface area contributed by atoms with E-state index in [-0.39, 0.29) is 5.91 Å². The highest BCUT2D eigenvalue weighted by atomic mass is 79.9. The lowest BCUT2D eigenvalue weighted by Gasteiger charge is -2.11. The predicted molar refractivity (Wildman–Crippen MR) is 115 cm³/mol. The van der Waals surface area contributed by atoms with E-state index in [1.54, 1.807) is 6.20 Å². The van der Waals surface area contributed by atoms with Crippen LogP contribution in [0.15, 0.2) is 95.6 Å². The van der Waals surface area contributed by atoms with Crippen molar-refractivity contribution in [1.29, 1.82) is 0 Å². The van der Waals surface area contributed by atoms with Crippen LogP contribution in [0.2, 0.25) is 0 Å². The van der Waals surface area contributed by atoms with Gasteiger partial charge in [0.25, 0.3) is 5.91 Å². The molecule has 5 heteroatoms. The van der Waals surface area contributed by atoms with Crippen LogP contribution < -0.4 is 5.32 Å². The molecule has 0 saturated heterocycles. The predicted octanol–water partition coefficient (Wildman–Crippen LogP) is 5.83. The minimum atomic E-state index is -0.249. The van der Waals surface area contributed by atoms with Gasteiger partial charge in [-0.15, -0.1) is 0 Å². The normalized spacial score (nSPS) is 10.5. The van der Waals surface area contributed by atoms with Crippen LogP contribution in [0.3, 0.4) is 0 Å². The molecule has 0 aliphatic carbocycles. The van der Waals surface area contributed by atoms with Crippen molar-refractivity contribution in [3.05, 3.63) is 101 Å². The van der Waals surface area contributed by atoms with Crippen molar-refractivity contribution in [1.82, 2.24) is 9.97 Å². The molecule has 4 aromatic rings. The maximum atomic E-state index is 12.9. The third-order valence-electron chi connectivity index (χ3n) is 4.21. The van der Waals surface area contributed by atoms with E-state index in [0.717, 1.165) is 15.6 Å². The lowest BCUT2D eigenvalue weighted by Crippen LogP contribution is -2.15. The first-order valence-electron chi connectivity index (χ1n) is 8.75. The number of hydrogen-bond donors (Lipinski definition) is 1. The molecule has 4 rings (SSSR count). The first-order chi connectivity index (χ1) is 13.7. The van der Waals surface area contributed by atoms with Crippen LogP contribution in [0.1, 0.15) is 10.4 Å². The number of anilines is 1. The monoisotopic (exact) mass is 429 g/mol. The average Bonchev–Trinajstić information content (AvgIpc) is 2.76. The van der Waals surface area contributed by atoms with E-state index in [4.69, 9.17) is 4.98 Å². The van der Waals surface area contributed by atoms with Gasteiger partial charge in [-0.3, -0.25) is 4.79 Å². The second-order valence-corrected chi connectivity index (χ2v) is 7.06. The summed E-state index contributed by atoms with van der Waals surface area (Å²) in [6, 6.07) is 26.8. The van der Waals surface area contributed by atoms with Gasteiger partial charge < -0.3 is 5.32 Å². The zero-order valence-corrected chi connectivity index (χ0v) is 16.4. The third kappa shape index (κ3) is 4.00. The molecule has 1 amide bonds. The Hall–Kier alpha value is -3.31. The summed E-state index contributed by atoms with van der Waals surface area (Å²) < 4.78 is 0.950. The van der Waals surface area contributed by atoms with Crippen molar-refractivity contribution in [3.8, 4) is 22.6 Å². The number of halogens is 1. The lowest BCUT2D eigenvalue weighted by atomic mass is 10.1. The Labute approximate surface area is 171 Å². The minimum Gasteiger partial charge on any atom is -0.322 e. The number of benzene rings is 3. The lowest BCUT2D eigenvalue weighted by molar-refractivity contribution is 0.102. The van der Waals surface area contributed by atoms with Gasteiger partial charge in [-0.05, 0) is 24.3 Å². The fourth-order valence-corrected chi connectivity index (χ4v) is 3.09. The number of hydrogen-bond acceptors (Lipinski definition) is 3. The topological polar surface area (TPSA) is 54.9 Å². The molecule has 1 N–H and O–H groups in total. The molecule has 0 bridgehead atoms. The van der Waals surface area contributed by atoms with Gasteiger partial charge in [-0.1, -0.05) is 76.6 Å². The van der Waals surface area contributed by atoms with Crippen molar-refractivity contribution in [2.75, 3.05) is 5.32 Å². The van der Waals surface area contributed by atoms with E-state index in [1.165, 1.54) is 0 Å². The van der Waals surface area contributed by atoms with Crippen LogP contribution in [-0.2, 0) is 0 Å². The van der Waals surface area contributed by atoms with Gasteiger partial charge in [0.15, 0.2) is 5.82 Å². The van der Waals surface area contributed by atoms with Gasteiger partial charge in [0.1, 0.15) is 0 Å². The smallest absolute Gasteiger partial charge is 0.259 e. The Balaban J connectivity index is 1.75. The molecule has 0 fully saturated rings. The van der Waals surface area contributed by atoms with Crippen molar-refractivity contribution < 1.29 is 4.79 Å².